The maximum absolute atomic E-state index is 11.0. The topological polar surface area (TPSA) is 205 Å². The minimum absolute atomic E-state index is 0.0422. The normalized spacial score (nSPS) is 9.51. The van der Waals surface area contributed by atoms with Crippen LogP contribution in [0.4, 0.5) is 5.82 Å². The Morgan fingerprint density at radius 3 is 1.79 bits per heavy atom. The molecule has 4 rings (SSSR count). The second-order valence-electron chi connectivity index (χ2n) is 6.55. The maximum atomic E-state index is 11.0. The molecule has 0 atom stereocenters. The van der Waals surface area contributed by atoms with Crippen molar-refractivity contribution in [1.82, 2.24) is 39.7 Å². The number of ether oxygens (including phenoxy) is 1. The van der Waals surface area contributed by atoms with E-state index in [0.29, 0.717) is 23.8 Å². The molecule has 0 unspecified atom stereocenters. The van der Waals surface area contributed by atoms with Gasteiger partial charge in [-0.3, -0.25) is 4.68 Å². The fraction of sp³-hybridized carbons (Fsp3) is 0.227. The number of carboxylic acids is 1. The summed E-state index contributed by atoms with van der Waals surface area (Å²) in [6.45, 7) is 3.97. The molecule has 14 nitrogen and oxygen atoms in total. The standard InChI is InChI=1S/C8H8ClN5.C7H7ClN2O2.C5H3ClN2O2.C2H6O/c1-14-7(10)4-6(13-14)5-2-3-11-8(9)12-5;1-2-12-6(11)5-3-4-9-7(8)10-5;6-5-7-2-1-3(8-5)4(9)10;1-2-3/h2-4H,10H2,1H3;3-4H,2H2,1H3;1-2H,(H,9,10);3H,2H2,1H3. The molecule has 4 aromatic heterocycles. The van der Waals surface area contributed by atoms with Gasteiger partial charge in [0.15, 0.2) is 11.4 Å². The zero-order chi connectivity index (χ0) is 29.4. The fourth-order valence-corrected chi connectivity index (χ4v) is 2.63. The highest BCUT2D eigenvalue weighted by molar-refractivity contribution is 6.28. The van der Waals surface area contributed by atoms with Crippen LogP contribution in [0.2, 0.25) is 15.9 Å². The molecule has 0 aliphatic rings. The highest BCUT2D eigenvalue weighted by atomic mass is 35.5. The zero-order valence-electron chi connectivity index (χ0n) is 20.9. The van der Waals surface area contributed by atoms with E-state index in [1.807, 2.05) is 0 Å². The van der Waals surface area contributed by atoms with E-state index in [2.05, 4.69) is 35.0 Å². The van der Waals surface area contributed by atoms with Crippen LogP contribution in [0.1, 0.15) is 34.8 Å². The van der Waals surface area contributed by atoms with E-state index in [9.17, 15) is 9.59 Å². The van der Waals surface area contributed by atoms with Gasteiger partial charge in [-0.15, -0.1) is 0 Å². The Kier molecular flexibility index (Phi) is 14.8. The number of aromatic nitrogens is 8. The van der Waals surface area contributed by atoms with Crippen LogP contribution >= 0.6 is 34.8 Å². The number of halogens is 3. The van der Waals surface area contributed by atoms with Crippen molar-refractivity contribution in [3.05, 3.63) is 70.1 Å². The molecule has 0 saturated carbocycles. The minimum Gasteiger partial charge on any atom is -0.477 e. The van der Waals surface area contributed by atoms with E-state index in [1.54, 1.807) is 43.9 Å². The summed E-state index contributed by atoms with van der Waals surface area (Å²) in [5.41, 5.74) is 7.07. The molecule has 0 aliphatic heterocycles. The lowest BCUT2D eigenvalue weighted by Crippen LogP contribution is -2.07. The number of carboxylic acid groups (broad SMARTS) is 1. The number of rotatable bonds is 4. The van der Waals surface area contributed by atoms with Crippen molar-refractivity contribution in [2.45, 2.75) is 13.8 Å². The summed E-state index contributed by atoms with van der Waals surface area (Å²) in [4.78, 5) is 43.3. The molecule has 4 aromatic rings. The zero-order valence-corrected chi connectivity index (χ0v) is 23.1. The van der Waals surface area contributed by atoms with Crippen LogP contribution in [0.5, 0.6) is 0 Å². The molecule has 0 saturated heterocycles. The smallest absolute Gasteiger partial charge is 0.357 e. The van der Waals surface area contributed by atoms with Gasteiger partial charge >= 0.3 is 11.9 Å². The number of nitrogens with zero attached hydrogens (tertiary/aromatic N) is 8. The lowest BCUT2D eigenvalue weighted by atomic mass is 10.3. The Morgan fingerprint density at radius 1 is 0.897 bits per heavy atom. The van der Waals surface area contributed by atoms with Gasteiger partial charge in [-0.25, -0.2) is 39.5 Å². The van der Waals surface area contributed by atoms with E-state index >= 15 is 0 Å². The third-order valence-electron chi connectivity index (χ3n) is 3.76. The number of aliphatic hydroxyl groups excluding tert-OH is 1. The molecule has 0 radical (unpaired) electrons. The Balaban J connectivity index is 0.000000282. The average molecular weight is 601 g/mol. The predicted octanol–water partition coefficient (Wildman–Crippen LogP) is 3.25. The number of nitrogens with two attached hydrogens (primary N) is 1. The largest absolute Gasteiger partial charge is 0.477 e. The van der Waals surface area contributed by atoms with Crippen molar-refractivity contribution in [3.8, 4) is 11.4 Å². The predicted molar refractivity (Wildman–Crippen MR) is 143 cm³/mol. The number of esters is 1. The summed E-state index contributed by atoms with van der Waals surface area (Å²) in [5.74, 6) is -1.01. The van der Waals surface area contributed by atoms with Crippen LogP contribution in [0.25, 0.3) is 11.4 Å². The molecule has 0 aromatic carbocycles. The number of carbonyl (C=O) groups is 2. The van der Waals surface area contributed by atoms with Crippen LogP contribution < -0.4 is 5.73 Å². The van der Waals surface area contributed by atoms with E-state index in [1.165, 1.54) is 24.5 Å². The Morgan fingerprint density at radius 2 is 1.38 bits per heavy atom. The van der Waals surface area contributed by atoms with Crippen LogP contribution in [0.15, 0.2) is 42.9 Å². The first-order valence-corrected chi connectivity index (χ1v) is 11.9. The third kappa shape index (κ3) is 12.4. The van der Waals surface area contributed by atoms with Crippen molar-refractivity contribution in [2.75, 3.05) is 18.9 Å². The molecule has 0 amide bonds. The second kappa shape index (κ2) is 17.5. The lowest BCUT2D eigenvalue weighted by molar-refractivity contribution is 0.0518. The maximum Gasteiger partial charge on any atom is 0.357 e. The molecule has 0 bridgehead atoms. The molecule has 4 N–H and O–H groups in total. The Labute approximate surface area is 237 Å². The van der Waals surface area contributed by atoms with Crippen molar-refractivity contribution in [3.63, 3.8) is 0 Å². The summed E-state index contributed by atoms with van der Waals surface area (Å²) in [5, 5.41) is 20.3. The van der Waals surface area contributed by atoms with Gasteiger partial charge in [-0.1, -0.05) is 0 Å². The Hall–Kier alpha value is -3.98. The number of hydrogen-bond acceptors (Lipinski definition) is 12. The van der Waals surface area contributed by atoms with Gasteiger partial charge < -0.3 is 20.7 Å². The SMILES string of the molecule is CCO.CCOC(=O)c1ccnc(Cl)n1.Cn1nc(-c2ccnc(Cl)n2)cc1N.O=C(O)c1ccnc(Cl)n1. The molecule has 208 valence electrons. The first-order chi connectivity index (χ1) is 18.5. The molecule has 17 heteroatoms. The quantitative estimate of drug-likeness (QED) is 0.227. The molecular formula is C22H24Cl3N9O5. The van der Waals surface area contributed by atoms with Crippen LogP contribution in [-0.2, 0) is 11.8 Å². The van der Waals surface area contributed by atoms with E-state index in [-0.39, 0.29) is 33.8 Å². The molecule has 0 spiro atoms. The van der Waals surface area contributed by atoms with Gasteiger partial charge in [0.25, 0.3) is 0 Å². The first kappa shape index (κ1) is 33.0. The second-order valence-corrected chi connectivity index (χ2v) is 7.57. The average Bonchev–Trinajstić information content (AvgIpc) is 3.23. The number of aryl methyl sites for hydroxylation is 1. The van der Waals surface area contributed by atoms with Crippen LogP contribution in [0.3, 0.4) is 0 Å². The summed E-state index contributed by atoms with van der Waals surface area (Å²) in [6, 6.07) is 6.18. The number of aromatic carboxylic acids is 1. The van der Waals surface area contributed by atoms with Crippen molar-refractivity contribution in [2.24, 2.45) is 7.05 Å². The number of anilines is 1. The molecule has 0 fully saturated rings. The van der Waals surface area contributed by atoms with Gasteiger partial charge in [-0.2, -0.15) is 5.10 Å². The molecule has 39 heavy (non-hydrogen) atoms. The van der Waals surface area contributed by atoms with Gasteiger partial charge in [0.05, 0.1) is 12.3 Å². The molecule has 0 aliphatic carbocycles. The van der Waals surface area contributed by atoms with E-state index < -0.39 is 11.9 Å². The molecular weight excluding hydrogens is 577 g/mol. The minimum atomic E-state index is -1.11. The third-order valence-corrected chi connectivity index (χ3v) is 4.31. The highest BCUT2D eigenvalue weighted by Crippen LogP contribution is 2.18. The van der Waals surface area contributed by atoms with Gasteiger partial charge in [-0.05, 0) is 66.8 Å². The molecule has 4 heterocycles. The fourth-order valence-electron chi connectivity index (χ4n) is 2.19. The number of nitrogen functional groups attached to an aromatic ring is 1. The van der Waals surface area contributed by atoms with Crippen molar-refractivity contribution < 1.29 is 24.5 Å². The first-order valence-electron chi connectivity index (χ1n) is 10.8. The summed E-state index contributed by atoms with van der Waals surface area (Å²) in [6.07, 6.45) is 4.27. The van der Waals surface area contributed by atoms with Crippen molar-refractivity contribution >= 4 is 52.6 Å². The van der Waals surface area contributed by atoms with Crippen LogP contribution in [-0.4, -0.2) is 75.0 Å². The Bertz CT molecular complexity index is 1340. The van der Waals surface area contributed by atoms with E-state index in [4.69, 9.17) is 55.5 Å². The van der Waals surface area contributed by atoms with Crippen molar-refractivity contribution in [1.29, 1.82) is 0 Å². The lowest BCUT2D eigenvalue weighted by Gasteiger charge is -1.99. The highest BCUT2D eigenvalue weighted by Gasteiger charge is 2.08. The van der Waals surface area contributed by atoms with E-state index in [0.717, 1.165) is 0 Å². The number of aliphatic hydroxyl groups is 1. The summed E-state index contributed by atoms with van der Waals surface area (Å²) >= 11 is 16.4. The van der Waals surface area contributed by atoms with Crippen LogP contribution in [0, 0.1) is 0 Å². The van der Waals surface area contributed by atoms with Gasteiger partial charge in [0, 0.05) is 38.3 Å². The van der Waals surface area contributed by atoms with Gasteiger partial charge in [0.1, 0.15) is 11.5 Å². The number of carbonyl (C=O) groups excluding carboxylic acids is 1. The number of hydrogen-bond donors (Lipinski definition) is 3. The van der Waals surface area contributed by atoms with Gasteiger partial charge in [0.2, 0.25) is 15.9 Å². The summed E-state index contributed by atoms with van der Waals surface area (Å²) < 4.78 is 6.27. The monoisotopic (exact) mass is 599 g/mol. The summed E-state index contributed by atoms with van der Waals surface area (Å²) in [7, 11) is 1.77.